The predicted molar refractivity (Wildman–Crippen MR) is 94.4 cm³/mol. The summed E-state index contributed by atoms with van der Waals surface area (Å²) in [4.78, 5) is 14.1. The van der Waals surface area contributed by atoms with Gasteiger partial charge in [0.1, 0.15) is 9.84 Å². The Labute approximate surface area is 155 Å². The quantitative estimate of drug-likeness (QED) is 0.744. The van der Waals surface area contributed by atoms with Gasteiger partial charge < -0.3 is 4.90 Å². The van der Waals surface area contributed by atoms with E-state index in [2.05, 4.69) is 5.10 Å². The molecule has 0 radical (unpaired) electrons. The van der Waals surface area contributed by atoms with Crippen molar-refractivity contribution in [2.75, 3.05) is 18.6 Å². The Bertz CT molecular complexity index is 905. The lowest BCUT2D eigenvalue weighted by molar-refractivity contribution is -0.141. The van der Waals surface area contributed by atoms with E-state index in [0.29, 0.717) is 17.8 Å². The number of hydrogen-bond acceptors (Lipinski definition) is 4. The molecule has 0 bridgehead atoms. The first-order chi connectivity index (χ1) is 12.4. The molecular formula is C17H20F3N3O3S. The van der Waals surface area contributed by atoms with Gasteiger partial charge in [-0.25, -0.2) is 13.1 Å². The average Bonchev–Trinajstić information content (AvgIpc) is 3.04. The third kappa shape index (κ3) is 5.31. The van der Waals surface area contributed by atoms with Crippen LogP contribution >= 0.6 is 0 Å². The maximum Gasteiger partial charge on any atom is 0.435 e. The second-order valence-corrected chi connectivity index (χ2v) is 8.41. The molecule has 0 N–H and O–H groups in total. The fourth-order valence-corrected chi connectivity index (χ4v) is 3.78. The minimum absolute atomic E-state index is 0.155. The van der Waals surface area contributed by atoms with Crippen LogP contribution in [0.4, 0.5) is 13.2 Å². The number of halogens is 3. The van der Waals surface area contributed by atoms with Crippen LogP contribution in [0.1, 0.15) is 29.9 Å². The van der Waals surface area contributed by atoms with Gasteiger partial charge in [-0.3, -0.25) is 4.79 Å². The molecule has 1 atom stereocenters. The van der Waals surface area contributed by atoms with E-state index in [-0.39, 0.29) is 11.7 Å². The Morgan fingerprint density at radius 1 is 1.22 bits per heavy atom. The lowest BCUT2D eigenvalue weighted by Crippen LogP contribution is -2.42. The highest BCUT2D eigenvalue weighted by Crippen LogP contribution is 2.27. The topological polar surface area (TPSA) is 72.3 Å². The second kappa shape index (κ2) is 7.71. The van der Waals surface area contributed by atoms with Crippen molar-refractivity contribution in [3.63, 3.8) is 0 Å². The van der Waals surface area contributed by atoms with E-state index in [1.807, 2.05) is 0 Å². The summed E-state index contributed by atoms with van der Waals surface area (Å²) in [6, 6.07) is 6.28. The zero-order valence-electron chi connectivity index (χ0n) is 15.1. The summed E-state index contributed by atoms with van der Waals surface area (Å²) in [5.41, 5.74) is -0.326. The molecule has 1 unspecified atom stereocenters. The van der Waals surface area contributed by atoms with Crippen molar-refractivity contribution < 1.29 is 26.4 Å². The molecule has 10 heteroatoms. The number of alkyl halides is 3. The summed E-state index contributed by atoms with van der Waals surface area (Å²) in [5, 5.41) is 3.48. The van der Waals surface area contributed by atoms with Crippen LogP contribution in [0.2, 0.25) is 0 Å². The lowest BCUT2D eigenvalue weighted by atomic mass is 10.1. The van der Waals surface area contributed by atoms with Gasteiger partial charge in [0, 0.05) is 30.6 Å². The third-order valence-electron chi connectivity index (χ3n) is 3.94. The Balaban J connectivity index is 2.20. The van der Waals surface area contributed by atoms with Gasteiger partial charge in [-0.15, -0.1) is 0 Å². The summed E-state index contributed by atoms with van der Waals surface area (Å²) in [6.45, 7) is 3.72. The van der Waals surface area contributed by atoms with Crippen molar-refractivity contribution in [3.05, 3.63) is 47.8 Å². The highest BCUT2D eigenvalue weighted by Gasteiger charge is 2.33. The van der Waals surface area contributed by atoms with E-state index in [1.165, 1.54) is 35.4 Å². The molecule has 0 saturated heterocycles. The monoisotopic (exact) mass is 403 g/mol. The van der Waals surface area contributed by atoms with Crippen molar-refractivity contribution >= 4 is 15.7 Å². The van der Waals surface area contributed by atoms with Crippen molar-refractivity contribution in [1.82, 2.24) is 14.7 Å². The second-order valence-electron chi connectivity index (χ2n) is 6.22. The van der Waals surface area contributed by atoms with Gasteiger partial charge in [-0.2, -0.15) is 18.3 Å². The smallest absolute Gasteiger partial charge is 0.335 e. The molecule has 0 aliphatic carbocycles. The molecule has 148 valence electrons. The molecule has 27 heavy (non-hydrogen) atoms. The number of benzene rings is 1. The van der Waals surface area contributed by atoms with Crippen LogP contribution in [0.25, 0.3) is 5.69 Å². The first kappa shape index (κ1) is 20.9. The first-order valence-electron chi connectivity index (χ1n) is 8.14. The molecular weight excluding hydrogens is 383 g/mol. The molecule has 0 fully saturated rings. The Kier molecular flexibility index (Phi) is 5.98. The van der Waals surface area contributed by atoms with E-state index in [9.17, 15) is 26.4 Å². The Hall–Kier alpha value is -2.36. The molecule has 0 aliphatic rings. The molecule has 0 saturated carbocycles. The lowest BCUT2D eigenvalue weighted by Gasteiger charge is -2.27. The minimum atomic E-state index is -4.53. The summed E-state index contributed by atoms with van der Waals surface area (Å²) >= 11 is 0. The van der Waals surface area contributed by atoms with Crippen molar-refractivity contribution in [3.8, 4) is 5.69 Å². The fourth-order valence-electron chi connectivity index (χ4n) is 2.73. The van der Waals surface area contributed by atoms with Gasteiger partial charge in [0.25, 0.3) is 5.91 Å². The largest absolute Gasteiger partial charge is 0.435 e. The molecule has 0 aliphatic heterocycles. The number of hydrogen-bond donors (Lipinski definition) is 0. The maximum atomic E-state index is 12.6. The van der Waals surface area contributed by atoms with Gasteiger partial charge in [0.15, 0.2) is 5.69 Å². The van der Waals surface area contributed by atoms with Crippen LogP contribution < -0.4 is 0 Å². The summed E-state index contributed by atoms with van der Waals surface area (Å²) in [6.07, 6.45) is -2.24. The maximum absolute atomic E-state index is 12.6. The molecule has 0 spiro atoms. The van der Waals surface area contributed by atoms with Crippen molar-refractivity contribution in [2.45, 2.75) is 26.1 Å². The SMILES string of the molecule is CCN(C(=O)c1ccc(-n2ccc(C(F)(F)F)n2)cc1)C(C)CS(C)(=O)=O. The first-order valence-corrected chi connectivity index (χ1v) is 10.2. The fraction of sp³-hybridized carbons (Fsp3) is 0.412. The van der Waals surface area contributed by atoms with E-state index in [0.717, 1.165) is 17.0 Å². The minimum Gasteiger partial charge on any atom is -0.335 e. The van der Waals surface area contributed by atoms with Crippen LogP contribution in [0.3, 0.4) is 0 Å². The van der Waals surface area contributed by atoms with E-state index in [4.69, 9.17) is 0 Å². The Morgan fingerprint density at radius 2 is 1.81 bits per heavy atom. The predicted octanol–water partition coefficient (Wildman–Crippen LogP) is 2.79. The molecule has 1 aromatic heterocycles. The summed E-state index contributed by atoms with van der Waals surface area (Å²) in [7, 11) is -3.24. The van der Waals surface area contributed by atoms with Crippen LogP contribution in [-0.4, -0.2) is 53.6 Å². The molecule has 2 rings (SSSR count). The van der Waals surface area contributed by atoms with E-state index in [1.54, 1.807) is 13.8 Å². The summed E-state index contributed by atoms with van der Waals surface area (Å²) in [5.74, 6) is -0.505. The van der Waals surface area contributed by atoms with E-state index >= 15 is 0 Å². The highest BCUT2D eigenvalue weighted by molar-refractivity contribution is 7.90. The molecule has 1 heterocycles. The van der Waals surface area contributed by atoms with Gasteiger partial charge in [-0.1, -0.05) is 0 Å². The zero-order chi connectivity index (χ0) is 20.4. The van der Waals surface area contributed by atoms with E-state index < -0.39 is 27.7 Å². The number of rotatable bonds is 6. The summed E-state index contributed by atoms with van der Waals surface area (Å²) < 4.78 is 61.9. The number of nitrogens with zero attached hydrogens (tertiary/aromatic N) is 3. The number of sulfone groups is 1. The third-order valence-corrected chi connectivity index (χ3v) is 5.02. The van der Waals surface area contributed by atoms with Gasteiger partial charge >= 0.3 is 6.18 Å². The van der Waals surface area contributed by atoms with Crippen molar-refractivity contribution in [1.29, 1.82) is 0 Å². The normalized spacial score (nSPS) is 13.4. The van der Waals surface area contributed by atoms with Crippen molar-refractivity contribution in [2.24, 2.45) is 0 Å². The van der Waals surface area contributed by atoms with Crippen LogP contribution in [0.15, 0.2) is 36.5 Å². The van der Waals surface area contributed by atoms with Gasteiger partial charge in [0.05, 0.1) is 11.4 Å². The molecule has 6 nitrogen and oxygen atoms in total. The van der Waals surface area contributed by atoms with Crippen LogP contribution in [0.5, 0.6) is 0 Å². The van der Waals surface area contributed by atoms with Gasteiger partial charge in [0.2, 0.25) is 0 Å². The average molecular weight is 403 g/mol. The molecule has 1 amide bonds. The number of amides is 1. The standard InChI is InChI=1S/C17H20F3N3O3S/c1-4-22(12(2)11-27(3,25)26)16(24)13-5-7-14(8-6-13)23-10-9-15(21-23)17(18,19)20/h5-10,12H,4,11H2,1-3H3. The molecule has 1 aromatic carbocycles. The number of carbonyl (C=O) groups is 1. The van der Waals surface area contributed by atoms with Crippen LogP contribution in [0, 0.1) is 0 Å². The van der Waals surface area contributed by atoms with Gasteiger partial charge in [-0.05, 0) is 44.2 Å². The van der Waals surface area contributed by atoms with Crippen LogP contribution in [-0.2, 0) is 16.0 Å². The zero-order valence-corrected chi connectivity index (χ0v) is 15.9. The molecule has 2 aromatic rings. The Morgan fingerprint density at radius 3 is 2.26 bits per heavy atom. The highest BCUT2D eigenvalue weighted by atomic mass is 32.2. The number of aromatic nitrogens is 2. The number of carbonyl (C=O) groups excluding carboxylic acids is 1.